The molecule has 1 aromatic rings. The maximum Gasteiger partial charge on any atom is 0.122 e. The molecule has 1 aliphatic heterocycles. The molecular weight excluding hydrogens is 252 g/mol. The van der Waals surface area contributed by atoms with Crippen molar-refractivity contribution in [3.8, 4) is 5.75 Å². The molecule has 4 heteroatoms. The average Bonchev–Trinajstić information content (AvgIpc) is 2.84. The summed E-state index contributed by atoms with van der Waals surface area (Å²) in [7, 11) is 3.86. The van der Waals surface area contributed by atoms with Crippen molar-refractivity contribution in [1.29, 1.82) is 0 Å². The van der Waals surface area contributed by atoms with Gasteiger partial charge < -0.3 is 20.1 Å². The van der Waals surface area contributed by atoms with Crippen molar-refractivity contribution in [2.75, 3.05) is 27.2 Å². The monoisotopic (exact) mass is 278 g/mol. The highest BCUT2D eigenvalue weighted by Gasteiger charge is 2.24. The standard InChI is InChI=1S/C16H26N2O2/c1-12(8-13-6-4-5-7-16(13)20-3)18(2)11-14-9-15(19)10-17-14/h4-7,12,14-15,17,19H,8-11H2,1-3H3. The van der Waals surface area contributed by atoms with Crippen molar-refractivity contribution in [2.24, 2.45) is 0 Å². The third kappa shape index (κ3) is 3.95. The number of nitrogens with one attached hydrogen (secondary N) is 1. The molecule has 3 atom stereocenters. The molecule has 0 aromatic heterocycles. The van der Waals surface area contributed by atoms with Gasteiger partial charge in [-0.25, -0.2) is 0 Å². The molecule has 0 saturated carbocycles. The molecule has 112 valence electrons. The van der Waals surface area contributed by atoms with Gasteiger partial charge in [-0.2, -0.15) is 0 Å². The lowest BCUT2D eigenvalue weighted by Crippen LogP contribution is -2.40. The van der Waals surface area contributed by atoms with Crippen LogP contribution in [-0.4, -0.2) is 55.4 Å². The first-order valence-corrected chi connectivity index (χ1v) is 7.33. The van der Waals surface area contributed by atoms with Gasteiger partial charge in [-0.15, -0.1) is 0 Å². The molecule has 0 radical (unpaired) electrons. The van der Waals surface area contributed by atoms with E-state index >= 15 is 0 Å². The van der Waals surface area contributed by atoms with E-state index in [-0.39, 0.29) is 6.10 Å². The SMILES string of the molecule is COc1ccccc1CC(C)N(C)CC1CC(O)CN1. The van der Waals surface area contributed by atoms with Crippen LogP contribution >= 0.6 is 0 Å². The molecule has 0 bridgehead atoms. The minimum Gasteiger partial charge on any atom is -0.496 e. The molecule has 20 heavy (non-hydrogen) atoms. The predicted octanol–water partition coefficient (Wildman–Crippen LogP) is 1.28. The Bertz CT molecular complexity index is 425. The van der Waals surface area contributed by atoms with Gasteiger partial charge in [0, 0.05) is 25.2 Å². The number of para-hydroxylation sites is 1. The van der Waals surface area contributed by atoms with Gasteiger partial charge in [0.15, 0.2) is 0 Å². The summed E-state index contributed by atoms with van der Waals surface area (Å²) in [6, 6.07) is 9.03. The zero-order valence-corrected chi connectivity index (χ0v) is 12.7. The van der Waals surface area contributed by atoms with Gasteiger partial charge in [0.1, 0.15) is 5.75 Å². The molecule has 1 aromatic carbocycles. The van der Waals surface area contributed by atoms with E-state index in [9.17, 15) is 5.11 Å². The minimum atomic E-state index is -0.182. The molecular formula is C16H26N2O2. The zero-order valence-electron chi connectivity index (χ0n) is 12.7. The summed E-state index contributed by atoms with van der Waals surface area (Å²) in [6.07, 6.45) is 1.64. The number of β-amino-alcohol motifs (C(OH)–C–C–N with tert-alkyl or cyclic N) is 1. The van der Waals surface area contributed by atoms with Crippen LogP contribution in [0.2, 0.25) is 0 Å². The Morgan fingerprint density at radius 1 is 1.45 bits per heavy atom. The number of hydrogen-bond donors (Lipinski definition) is 2. The van der Waals surface area contributed by atoms with Gasteiger partial charge in [0.2, 0.25) is 0 Å². The maximum absolute atomic E-state index is 9.56. The van der Waals surface area contributed by atoms with Gasteiger partial charge in [-0.3, -0.25) is 0 Å². The summed E-state index contributed by atoms with van der Waals surface area (Å²) in [5.41, 5.74) is 1.24. The second-order valence-corrected chi connectivity index (χ2v) is 5.80. The highest BCUT2D eigenvalue weighted by Crippen LogP contribution is 2.20. The first kappa shape index (κ1) is 15.3. The number of rotatable bonds is 6. The van der Waals surface area contributed by atoms with Crippen molar-refractivity contribution >= 4 is 0 Å². The quantitative estimate of drug-likeness (QED) is 0.823. The Labute approximate surface area is 121 Å². The average molecular weight is 278 g/mol. The molecule has 1 fully saturated rings. The van der Waals surface area contributed by atoms with Gasteiger partial charge in [0.25, 0.3) is 0 Å². The normalized spacial score (nSPS) is 24.1. The lowest BCUT2D eigenvalue weighted by Gasteiger charge is -2.28. The fourth-order valence-corrected chi connectivity index (χ4v) is 2.81. The minimum absolute atomic E-state index is 0.182. The lowest BCUT2D eigenvalue weighted by molar-refractivity contribution is 0.184. The summed E-state index contributed by atoms with van der Waals surface area (Å²) in [5.74, 6) is 0.960. The Morgan fingerprint density at radius 3 is 2.85 bits per heavy atom. The van der Waals surface area contributed by atoms with E-state index in [2.05, 4.69) is 36.3 Å². The van der Waals surface area contributed by atoms with Crippen molar-refractivity contribution in [2.45, 2.75) is 38.0 Å². The maximum atomic E-state index is 9.56. The number of nitrogens with zero attached hydrogens (tertiary/aromatic N) is 1. The first-order valence-electron chi connectivity index (χ1n) is 7.33. The Morgan fingerprint density at radius 2 is 2.20 bits per heavy atom. The van der Waals surface area contributed by atoms with Gasteiger partial charge in [-0.1, -0.05) is 18.2 Å². The highest BCUT2D eigenvalue weighted by molar-refractivity contribution is 5.33. The first-order chi connectivity index (χ1) is 9.60. The fraction of sp³-hybridized carbons (Fsp3) is 0.625. The number of ether oxygens (including phenoxy) is 1. The number of likely N-dealkylation sites (N-methyl/N-ethyl adjacent to an activating group) is 1. The molecule has 0 amide bonds. The third-order valence-electron chi connectivity index (χ3n) is 4.17. The van der Waals surface area contributed by atoms with Crippen LogP contribution in [-0.2, 0) is 6.42 Å². The largest absolute Gasteiger partial charge is 0.496 e. The summed E-state index contributed by atoms with van der Waals surface area (Å²) < 4.78 is 5.41. The van der Waals surface area contributed by atoms with Crippen molar-refractivity contribution in [3.63, 3.8) is 0 Å². The molecule has 0 spiro atoms. The van der Waals surface area contributed by atoms with Crippen LogP contribution in [0.4, 0.5) is 0 Å². The van der Waals surface area contributed by atoms with Gasteiger partial charge in [0.05, 0.1) is 13.2 Å². The molecule has 2 N–H and O–H groups in total. The second-order valence-electron chi connectivity index (χ2n) is 5.80. The molecule has 3 unspecified atom stereocenters. The summed E-state index contributed by atoms with van der Waals surface area (Å²) in [5, 5.41) is 12.9. The van der Waals surface area contributed by atoms with E-state index in [0.29, 0.717) is 12.1 Å². The Hall–Kier alpha value is -1.10. The van der Waals surface area contributed by atoms with Crippen LogP contribution in [0.1, 0.15) is 18.9 Å². The number of methoxy groups -OCH3 is 1. The van der Waals surface area contributed by atoms with Crippen LogP contribution < -0.4 is 10.1 Å². The van der Waals surface area contributed by atoms with Crippen LogP contribution in [0.15, 0.2) is 24.3 Å². The second kappa shape index (κ2) is 7.07. The smallest absolute Gasteiger partial charge is 0.122 e. The Balaban J connectivity index is 1.88. The van der Waals surface area contributed by atoms with Crippen LogP contribution in [0.25, 0.3) is 0 Å². The predicted molar refractivity (Wildman–Crippen MR) is 81.2 cm³/mol. The Kier molecular flexibility index (Phi) is 5.40. The number of aliphatic hydroxyl groups excluding tert-OH is 1. The van der Waals surface area contributed by atoms with E-state index in [1.165, 1.54) is 5.56 Å². The number of hydrogen-bond acceptors (Lipinski definition) is 4. The van der Waals surface area contributed by atoms with E-state index in [4.69, 9.17) is 4.74 Å². The van der Waals surface area contributed by atoms with Gasteiger partial charge >= 0.3 is 0 Å². The summed E-state index contributed by atoms with van der Waals surface area (Å²) >= 11 is 0. The number of aliphatic hydroxyl groups is 1. The van der Waals surface area contributed by atoms with Gasteiger partial charge in [-0.05, 0) is 38.4 Å². The molecule has 1 saturated heterocycles. The topological polar surface area (TPSA) is 44.7 Å². The zero-order chi connectivity index (χ0) is 14.5. The highest BCUT2D eigenvalue weighted by atomic mass is 16.5. The van der Waals surface area contributed by atoms with Crippen molar-refractivity contribution < 1.29 is 9.84 Å². The summed E-state index contributed by atoms with van der Waals surface area (Å²) in [6.45, 7) is 3.92. The molecule has 2 rings (SSSR count). The lowest BCUT2D eigenvalue weighted by atomic mass is 10.0. The van der Waals surface area contributed by atoms with E-state index in [0.717, 1.165) is 31.7 Å². The van der Waals surface area contributed by atoms with Crippen LogP contribution in [0.5, 0.6) is 5.75 Å². The molecule has 1 heterocycles. The molecule has 0 aliphatic carbocycles. The van der Waals surface area contributed by atoms with E-state index < -0.39 is 0 Å². The van der Waals surface area contributed by atoms with Crippen LogP contribution in [0.3, 0.4) is 0 Å². The third-order valence-corrected chi connectivity index (χ3v) is 4.17. The molecule has 1 aliphatic rings. The van der Waals surface area contributed by atoms with E-state index in [1.54, 1.807) is 7.11 Å². The molecule has 4 nitrogen and oxygen atoms in total. The number of benzene rings is 1. The van der Waals surface area contributed by atoms with Crippen molar-refractivity contribution in [3.05, 3.63) is 29.8 Å². The van der Waals surface area contributed by atoms with Crippen molar-refractivity contribution in [1.82, 2.24) is 10.2 Å². The summed E-state index contributed by atoms with van der Waals surface area (Å²) in [4.78, 5) is 2.35. The fourth-order valence-electron chi connectivity index (χ4n) is 2.81. The van der Waals surface area contributed by atoms with E-state index in [1.807, 2.05) is 12.1 Å². The van der Waals surface area contributed by atoms with Crippen LogP contribution in [0, 0.1) is 0 Å².